The molecule has 8 heteroatoms. The lowest BCUT2D eigenvalue weighted by Gasteiger charge is -2.44. The summed E-state index contributed by atoms with van der Waals surface area (Å²) in [5, 5.41) is 3.14. The molecule has 4 amide bonds. The summed E-state index contributed by atoms with van der Waals surface area (Å²) in [7, 11) is 0. The number of fused-ring (bicyclic) bond motifs is 1. The second-order valence-corrected chi connectivity index (χ2v) is 12.8. The van der Waals surface area contributed by atoms with Gasteiger partial charge in [-0.25, -0.2) is 0 Å². The Labute approximate surface area is 254 Å². The Bertz CT molecular complexity index is 1360. The van der Waals surface area contributed by atoms with Crippen molar-refractivity contribution in [3.63, 3.8) is 0 Å². The minimum atomic E-state index is -0.612. The lowest BCUT2D eigenvalue weighted by atomic mass is 9.85. The van der Waals surface area contributed by atoms with E-state index in [2.05, 4.69) is 31.3 Å². The van der Waals surface area contributed by atoms with Gasteiger partial charge in [-0.3, -0.25) is 19.2 Å². The number of nitrogens with zero attached hydrogens (tertiary/aromatic N) is 3. The van der Waals surface area contributed by atoms with Crippen LogP contribution in [0.3, 0.4) is 0 Å². The van der Waals surface area contributed by atoms with Crippen molar-refractivity contribution in [1.29, 1.82) is 0 Å². The summed E-state index contributed by atoms with van der Waals surface area (Å²) in [6, 6.07) is 12.4. The molecule has 2 aromatic carbocycles. The zero-order chi connectivity index (χ0) is 30.1. The van der Waals surface area contributed by atoms with E-state index in [9.17, 15) is 19.2 Å². The number of benzene rings is 2. The first-order valence-electron chi connectivity index (χ1n) is 16.3. The Hall–Kier alpha value is -3.68. The van der Waals surface area contributed by atoms with E-state index < -0.39 is 12.1 Å². The molecule has 0 spiro atoms. The Kier molecular flexibility index (Phi) is 8.55. The van der Waals surface area contributed by atoms with Crippen LogP contribution in [-0.4, -0.2) is 76.6 Å². The van der Waals surface area contributed by atoms with Gasteiger partial charge >= 0.3 is 0 Å². The van der Waals surface area contributed by atoms with Gasteiger partial charge in [0.05, 0.1) is 0 Å². The molecule has 0 radical (unpaired) electrons. The van der Waals surface area contributed by atoms with Gasteiger partial charge in [-0.05, 0) is 79.2 Å². The molecule has 1 aliphatic carbocycles. The maximum Gasteiger partial charge on any atom is 0.254 e. The molecule has 4 aliphatic rings. The van der Waals surface area contributed by atoms with Crippen LogP contribution in [0.1, 0.15) is 89.8 Å². The third kappa shape index (κ3) is 5.68. The Morgan fingerprint density at radius 3 is 2.00 bits per heavy atom. The lowest BCUT2D eigenvalue weighted by molar-refractivity contribution is -0.154. The largest absolute Gasteiger partial charge is 0.342 e. The molecule has 0 aromatic heterocycles. The van der Waals surface area contributed by atoms with Gasteiger partial charge < -0.3 is 20.0 Å². The van der Waals surface area contributed by atoms with Gasteiger partial charge in [0.25, 0.3) is 11.8 Å². The molecule has 3 heterocycles. The first kappa shape index (κ1) is 29.4. The summed E-state index contributed by atoms with van der Waals surface area (Å²) in [4.78, 5) is 60.9. The van der Waals surface area contributed by atoms with E-state index in [1.165, 1.54) is 11.1 Å². The molecule has 6 rings (SSSR count). The first-order valence-corrected chi connectivity index (χ1v) is 16.3. The van der Waals surface area contributed by atoms with Crippen molar-refractivity contribution in [3.8, 4) is 0 Å². The number of nitrogens with one attached hydrogen (secondary N) is 1. The number of hydrogen-bond donors (Lipinski definition) is 1. The SMILES string of the molecule is CCC(CC)[C@@H]1C(=O)N[C@H](C2Cc3ccccc3C2)C(=O)N1Cc1ccc(C(=O)N2CCCC2)cc1C(=O)N1CCCC1. The number of amides is 4. The highest BCUT2D eigenvalue weighted by Gasteiger charge is 2.47. The van der Waals surface area contributed by atoms with Crippen LogP contribution in [0, 0.1) is 11.8 Å². The molecule has 3 saturated heterocycles. The summed E-state index contributed by atoms with van der Waals surface area (Å²) in [5.74, 6) is -0.346. The van der Waals surface area contributed by atoms with Crippen LogP contribution < -0.4 is 5.32 Å². The van der Waals surface area contributed by atoms with Gasteiger partial charge in [0, 0.05) is 43.9 Å². The van der Waals surface area contributed by atoms with E-state index in [0.29, 0.717) is 29.8 Å². The van der Waals surface area contributed by atoms with Crippen molar-refractivity contribution in [2.24, 2.45) is 11.8 Å². The van der Waals surface area contributed by atoms with Gasteiger partial charge in [-0.2, -0.15) is 0 Å². The molecule has 1 N–H and O–H groups in total. The smallest absolute Gasteiger partial charge is 0.254 e. The third-order valence-electron chi connectivity index (χ3n) is 10.2. The Morgan fingerprint density at radius 1 is 0.837 bits per heavy atom. The Morgan fingerprint density at radius 2 is 1.42 bits per heavy atom. The Balaban J connectivity index is 1.34. The fraction of sp³-hybridized carbons (Fsp3) is 0.543. The summed E-state index contributed by atoms with van der Waals surface area (Å²) >= 11 is 0. The quantitative estimate of drug-likeness (QED) is 0.504. The van der Waals surface area contributed by atoms with Crippen LogP contribution in [0.2, 0.25) is 0 Å². The van der Waals surface area contributed by atoms with Crippen molar-refractivity contribution < 1.29 is 19.2 Å². The molecule has 0 unspecified atom stereocenters. The summed E-state index contributed by atoms with van der Waals surface area (Å²) in [6.07, 6.45) is 6.94. The van der Waals surface area contributed by atoms with Crippen molar-refractivity contribution >= 4 is 23.6 Å². The highest BCUT2D eigenvalue weighted by atomic mass is 16.2. The normalized spacial score (nSPS) is 22.4. The number of carbonyl (C=O) groups is 4. The van der Waals surface area contributed by atoms with Crippen LogP contribution in [0.4, 0.5) is 0 Å². The van der Waals surface area contributed by atoms with Gasteiger partial charge in [-0.15, -0.1) is 0 Å². The fourth-order valence-corrected chi connectivity index (χ4v) is 7.71. The predicted octanol–water partition coefficient (Wildman–Crippen LogP) is 4.21. The molecule has 228 valence electrons. The topological polar surface area (TPSA) is 90.0 Å². The number of carbonyl (C=O) groups excluding carboxylic acids is 4. The second-order valence-electron chi connectivity index (χ2n) is 12.8. The predicted molar refractivity (Wildman–Crippen MR) is 164 cm³/mol. The van der Waals surface area contributed by atoms with Crippen LogP contribution in [0.25, 0.3) is 0 Å². The van der Waals surface area contributed by atoms with Crippen LogP contribution in [-0.2, 0) is 29.0 Å². The number of piperazine rings is 1. The van der Waals surface area contributed by atoms with Crippen molar-refractivity contribution in [2.45, 2.75) is 83.8 Å². The minimum absolute atomic E-state index is 0.000531. The summed E-state index contributed by atoms with van der Waals surface area (Å²) < 4.78 is 0. The number of rotatable bonds is 8. The van der Waals surface area contributed by atoms with E-state index in [1.54, 1.807) is 17.0 Å². The maximum atomic E-state index is 14.4. The summed E-state index contributed by atoms with van der Waals surface area (Å²) in [5.41, 5.74) is 4.15. The maximum absolute atomic E-state index is 14.4. The first-order chi connectivity index (χ1) is 20.9. The molecule has 3 fully saturated rings. The zero-order valence-electron chi connectivity index (χ0n) is 25.5. The molecular weight excluding hydrogens is 540 g/mol. The van der Waals surface area contributed by atoms with E-state index in [1.807, 2.05) is 28.0 Å². The average Bonchev–Trinajstić information content (AvgIpc) is 3.82. The van der Waals surface area contributed by atoms with Crippen molar-refractivity contribution in [1.82, 2.24) is 20.0 Å². The van der Waals surface area contributed by atoms with Crippen LogP contribution in [0.5, 0.6) is 0 Å². The molecule has 8 nitrogen and oxygen atoms in total. The molecule has 0 saturated carbocycles. The molecule has 0 bridgehead atoms. The minimum Gasteiger partial charge on any atom is -0.342 e. The number of hydrogen-bond acceptors (Lipinski definition) is 4. The zero-order valence-corrected chi connectivity index (χ0v) is 25.5. The fourth-order valence-electron chi connectivity index (χ4n) is 7.71. The monoisotopic (exact) mass is 584 g/mol. The highest BCUT2D eigenvalue weighted by molar-refractivity contribution is 6.01. The molecule has 2 atom stereocenters. The lowest BCUT2D eigenvalue weighted by Crippen LogP contribution is -2.66. The van der Waals surface area contributed by atoms with Gasteiger partial charge in [0.15, 0.2) is 0 Å². The van der Waals surface area contributed by atoms with Crippen molar-refractivity contribution in [2.75, 3.05) is 26.2 Å². The molecule has 43 heavy (non-hydrogen) atoms. The summed E-state index contributed by atoms with van der Waals surface area (Å²) in [6.45, 7) is 7.13. The van der Waals surface area contributed by atoms with Gasteiger partial charge in [0.2, 0.25) is 11.8 Å². The van der Waals surface area contributed by atoms with Gasteiger partial charge in [0.1, 0.15) is 12.1 Å². The van der Waals surface area contributed by atoms with Crippen molar-refractivity contribution in [3.05, 3.63) is 70.3 Å². The highest BCUT2D eigenvalue weighted by Crippen LogP contribution is 2.34. The molecule has 2 aromatic rings. The van der Waals surface area contributed by atoms with E-state index in [-0.39, 0.29) is 42.0 Å². The number of likely N-dealkylation sites (tertiary alicyclic amines) is 2. The van der Waals surface area contributed by atoms with E-state index in [4.69, 9.17) is 0 Å². The average molecular weight is 585 g/mol. The molecular formula is C35H44N4O4. The van der Waals surface area contributed by atoms with Crippen LogP contribution in [0.15, 0.2) is 42.5 Å². The second kappa shape index (κ2) is 12.5. The standard InChI is InChI=1S/C35H44N4O4/c1-3-23(4-2)31-32(40)36-30(28-19-24-11-5-6-12-25(24)20-28)35(43)39(31)22-27-14-13-26(33(41)37-15-7-8-16-37)21-29(27)34(42)38-17-9-10-18-38/h5-6,11-14,21,23,28,30-31H,3-4,7-10,15-20,22H2,1-2H3,(H,36,40)/t30-,31-/m1/s1. The van der Waals surface area contributed by atoms with E-state index in [0.717, 1.165) is 64.5 Å². The van der Waals surface area contributed by atoms with E-state index >= 15 is 0 Å². The third-order valence-corrected chi connectivity index (χ3v) is 10.2. The molecule has 3 aliphatic heterocycles. The van der Waals surface area contributed by atoms with Crippen LogP contribution >= 0.6 is 0 Å². The van der Waals surface area contributed by atoms with Gasteiger partial charge in [-0.1, -0.05) is 57.0 Å².